The van der Waals surface area contributed by atoms with Crippen molar-refractivity contribution in [2.75, 3.05) is 13.6 Å². The van der Waals surface area contributed by atoms with E-state index in [0.717, 1.165) is 41.7 Å². The van der Waals surface area contributed by atoms with Crippen LogP contribution >= 0.6 is 0 Å². The van der Waals surface area contributed by atoms with Crippen LogP contribution in [0.15, 0.2) is 12.1 Å². The standard InChI is InChI=1S/C18H24N2O/c1-11-8-12(2)17-13(9-11)16(18(3,4)21)14-10-20(5)7-6-15(14)19-17/h8-9,21H,6-7,10H2,1-5H3. The fourth-order valence-corrected chi connectivity index (χ4v) is 3.53. The van der Waals surface area contributed by atoms with Crippen molar-refractivity contribution >= 4 is 10.9 Å². The van der Waals surface area contributed by atoms with E-state index in [1.807, 2.05) is 13.8 Å². The van der Waals surface area contributed by atoms with Crippen LogP contribution in [-0.2, 0) is 18.6 Å². The van der Waals surface area contributed by atoms with Gasteiger partial charge in [0.05, 0.1) is 11.1 Å². The molecule has 1 aliphatic rings. The molecule has 0 unspecified atom stereocenters. The molecular formula is C18H24N2O. The van der Waals surface area contributed by atoms with Gasteiger partial charge in [-0.25, -0.2) is 0 Å². The first kappa shape index (κ1) is 14.5. The Morgan fingerprint density at radius 2 is 1.95 bits per heavy atom. The van der Waals surface area contributed by atoms with E-state index in [9.17, 15) is 5.11 Å². The van der Waals surface area contributed by atoms with Crippen molar-refractivity contribution in [3.8, 4) is 0 Å². The van der Waals surface area contributed by atoms with Gasteiger partial charge in [0, 0.05) is 30.6 Å². The predicted molar refractivity (Wildman–Crippen MR) is 86.5 cm³/mol. The Kier molecular flexibility index (Phi) is 3.30. The molecule has 112 valence electrons. The van der Waals surface area contributed by atoms with E-state index in [-0.39, 0.29) is 0 Å². The molecule has 1 aromatic heterocycles. The molecule has 3 rings (SSSR count). The zero-order valence-corrected chi connectivity index (χ0v) is 13.6. The van der Waals surface area contributed by atoms with Gasteiger partial charge in [-0.2, -0.15) is 0 Å². The molecule has 2 aromatic rings. The molecule has 1 aliphatic heterocycles. The third-order valence-electron chi connectivity index (χ3n) is 4.38. The molecule has 3 nitrogen and oxygen atoms in total. The summed E-state index contributed by atoms with van der Waals surface area (Å²) in [4.78, 5) is 7.23. The number of rotatable bonds is 1. The molecule has 0 amide bonds. The van der Waals surface area contributed by atoms with Crippen molar-refractivity contribution in [1.82, 2.24) is 9.88 Å². The highest BCUT2D eigenvalue weighted by Crippen LogP contribution is 2.36. The maximum Gasteiger partial charge on any atom is 0.0850 e. The average molecular weight is 284 g/mol. The van der Waals surface area contributed by atoms with Crippen LogP contribution in [0.2, 0.25) is 0 Å². The molecule has 0 saturated heterocycles. The van der Waals surface area contributed by atoms with Gasteiger partial charge in [-0.15, -0.1) is 0 Å². The van der Waals surface area contributed by atoms with E-state index >= 15 is 0 Å². The van der Waals surface area contributed by atoms with Crippen LogP contribution in [0.25, 0.3) is 10.9 Å². The Hall–Kier alpha value is -1.45. The third-order valence-corrected chi connectivity index (χ3v) is 4.38. The lowest BCUT2D eigenvalue weighted by molar-refractivity contribution is 0.0778. The van der Waals surface area contributed by atoms with Crippen molar-refractivity contribution in [3.05, 3.63) is 40.1 Å². The van der Waals surface area contributed by atoms with Crippen molar-refractivity contribution < 1.29 is 5.11 Å². The summed E-state index contributed by atoms with van der Waals surface area (Å²) in [6, 6.07) is 4.34. The smallest absolute Gasteiger partial charge is 0.0850 e. The van der Waals surface area contributed by atoms with E-state index < -0.39 is 5.60 Å². The lowest BCUT2D eigenvalue weighted by atomic mass is 9.85. The van der Waals surface area contributed by atoms with Gasteiger partial charge in [0.1, 0.15) is 0 Å². The van der Waals surface area contributed by atoms with Gasteiger partial charge < -0.3 is 10.0 Å². The molecule has 0 saturated carbocycles. The number of aliphatic hydroxyl groups is 1. The number of aryl methyl sites for hydroxylation is 2. The Morgan fingerprint density at radius 3 is 2.62 bits per heavy atom. The number of nitrogens with zero attached hydrogens (tertiary/aromatic N) is 2. The number of likely N-dealkylation sites (N-methyl/N-ethyl adjacent to an activating group) is 1. The van der Waals surface area contributed by atoms with Crippen molar-refractivity contribution in [1.29, 1.82) is 0 Å². The predicted octanol–water partition coefficient (Wildman–Crippen LogP) is 3.07. The van der Waals surface area contributed by atoms with Crippen LogP contribution in [0.4, 0.5) is 0 Å². The monoisotopic (exact) mass is 284 g/mol. The minimum atomic E-state index is -0.857. The second-order valence-electron chi connectivity index (χ2n) is 6.94. The van der Waals surface area contributed by atoms with E-state index in [4.69, 9.17) is 4.98 Å². The maximum absolute atomic E-state index is 10.8. The molecule has 0 bridgehead atoms. The SMILES string of the molecule is Cc1cc(C)c2nc3c(c(C(C)(C)O)c2c1)CN(C)CC3. The largest absolute Gasteiger partial charge is 0.386 e. The fraction of sp³-hybridized carbons (Fsp3) is 0.500. The molecule has 0 spiro atoms. The van der Waals surface area contributed by atoms with E-state index in [1.165, 1.54) is 16.7 Å². The average Bonchev–Trinajstić information content (AvgIpc) is 2.34. The molecular weight excluding hydrogens is 260 g/mol. The number of hydrogen-bond donors (Lipinski definition) is 1. The summed E-state index contributed by atoms with van der Waals surface area (Å²) in [6.45, 7) is 9.87. The number of benzene rings is 1. The zero-order valence-electron chi connectivity index (χ0n) is 13.6. The Labute approximate surface area is 126 Å². The molecule has 1 N–H and O–H groups in total. The van der Waals surface area contributed by atoms with E-state index in [1.54, 1.807) is 0 Å². The molecule has 1 aromatic carbocycles. The quantitative estimate of drug-likeness (QED) is 0.874. The van der Waals surface area contributed by atoms with Crippen LogP contribution in [-0.4, -0.2) is 28.6 Å². The van der Waals surface area contributed by atoms with Crippen LogP contribution in [0.3, 0.4) is 0 Å². The van der Waals surface area contributed by atoms with Gasteiger partial charge in [-0.3, -0.25) is 4.98 Å². The Balaban J connectivity index is 2.43. The van der Waals surface area contributed by atoms with Gasteiger partial charge in [0.2, 0.25) is 0 Å². The van der Waals surface area contributed by atoms with E-state index in [2.05, 4.69) is 37.9 Å². The second kappa shape index (κ2) is 4.79. The topological polar surface area (TPSA) is 36.4 Å². The van der Waals surface area contributed by atoms with Gasteiger partial charge in [-0.05, 0) is 57.5 Å². The zero-order chi connectivity index (χ0) is 15.4. The summed E-state index contributed by atoms with van der Waals surface area (Å²) in [7, 11) is 2.13. The first-order valence-corrected chi connectivity index (χ1v) is 7.61. The highest BCUT2D eigenvalue weighted by Gasteiger charge is 2.29. The van der Waals surface area contributed by atoms with Gasteiger partial charge in [-0.1, -0.05) is 11.6 Å². The molecule has 3 heteroatoms. The highest BCUT2D eigenvalue weighted by atomic mass is 16.3. The number of fused-ring (bicyclic) bond motifs is 2. The van der Waals surface area contributed by atoms with Crippen molar-refractivity contribution in [2.24, 2.45) is 0 Å². The summed E-state index contributed by atoms with van der Waals surface area (Å²) in [5.74, 6) is 0. The fourth-order valence-electron chi connectivity index (χ4n) is 3.53. The maximum atomic E-state index is 10.8. The minimum Gasteiger partial charge on any atom is -0.386 e. The highest BCUT2D eigenvalue weighted by molar-refractivity contribution is 5.88. The van der Waals surface area contributed by atoms with Crippen molar-refractivity contribution in [3.63, 3.8) is 0 Å². The summed E-state index contributed by atoms with van der Waals surface area (Å²) < 4.78 is 0. The first-order valence-electron chi connectivity index (χ1n) is 7.61. The lowest BCUT2D eigenvalue weighted by Gasteiger charge is -2.32. The van der Waals surface area contributed by atoms with Crippen molar-refractivity contribution in [2.45, 2.75) is 46.3 Å². The lowest BCUT2D eigenvalue weighted by Crippen LogP contribution is -2.31. The van der Waals surface area contributed by atoms with Crippen LogP contribution in [0.5, 0.6) is 0 Å². The second-order valence-corrected chi connectivity index (χ2v) is 6.94. The van der Waals surface area contributed by atoms with E-state index in [0.29, 0.717) is 0 Å². The van der Waals surface area contributed by atoms with Crippen LogP contribution < -0.4 is 0 Å². The Bertz CT molecular complexity index is 713. The summed E-state index contributed by atoms with van der Waals surface area (Å²) in [5, 5.41) is 11.9. The molecule has 0 atom stereocenters. The third kappa shape index (κ3) is 2.45. The number of hydrogen-bond acceptors (Lipinski definition) is 3. The number of aromatic nitrogens is 1. The minimum absolute atomic E-state index is 0.857. The number of pyridine rings is 1. The van der Waals surface area contributed by atoms with Gasteiger partial charge >= 0.3 is 0 Å². The molecule has 0 fully saturated rings. The molecule has 0 radical (unpaired) electrons. The molecule has 21 heavy (non-hydrogen) atoms. The summed E-state index contributed by atoms with van der Waals surface area (Å²) >= 11 is 0. The molecule has 2 heterocycles. The summed E-state index contributed by atoms with van der Waals surface area (Å²) in [6.07, 6.45) is 0.957. The summed E-state index contributed by atoms with van der Waals surface area (Å²) in [5.41, 5.74) is 6.03. The van der Waals surface area contributed by atoms with Gasteiger partial charge in [0.25, 0.3) is 0 Å². The normalized spacial score (nSPS) is 16.3. The Morgan fingerprint density at radius 1 is 1.24 bits per heavy atom. The first-order chi connectivity index (χ1) is 9.77. The van der Waals surface area contributed by atoms with Crippen LogP contribution in [0, 0.1) is 13.8 Å². The van der Waals surface area contributed by atoms with Crippen LogP contribution in [0.1, 0.15) is 41.8 Å². The molecule has 0 aliphatic carbocycles. The van der Waals surface area contributed by atoms with Gasteiger partial charge in [0.15, 0.2) is 0 Å².